The van der Waals surface area contributed by atoms with E-state index in [9.17, 15) is 5.11 Å². The number of piperidine rings is 1. The second-order valence-electron chi connectivity index (χ2n) is 6.71. The number of hydrogen-bond donors (Lipinski definition) is 1. The first-order chi connectivity index (χ1) is 12.0. The zero-order valence-corrected chi connectivity index (χ0v) is 14.7. The van der Waals surface area contributed by atoms with Gasteiger partial charge in [-0.15, -0.1) is 0 Å². The lowest BCUT2D eigenvalue weighted by atomic mass is 9.90. The molecular weight excluding hydrogens is 320 g/mol. The first kappa shape index (κ1) is 16.0. The van der Waals surface area contributed by atoms with E-state index in [-0.39, 0.29) is 5.92 Å². The van der Waals surface area contributed by atoms with Crippen LogP contribution in [0.5, 0.6) is 0 Å². The van der Waals surface area contributed by atoms with E-state index in [0.29, 0.717) is 11.5 Å². The molecule has 1 fully saturated rings. The Hall–Kier alpha value is -2.48. The highest BCUT2D eigenvalue weighted by molar-refractivity contribution is 5.88. The van der Waals surface area contributed by atoms with Gasteiger partial charge in [-0.25, -0.2) is 9.97 Å². The van der Waals surface area contributed by atoms with Crippen molar-refractivity contribution >= 4 is 16.9 Å². The van der Waals surface area contributed by atoms with Crippen LogP contribution in [0.3, 0.4) is 0 Å². The van der Waals surface area contributed by atoms with Crippen LogP contribution in [0.25, 0.3) is 11.1 Å². The maximum absolute atomic E-state index is 10.6. The van der Waals surface area contributed by atoms with Crippen molar-refractivity contribution in [1.82, 2.24) is 24.7 Å². The van der Waals surface area contributed by atoms with Gasteiger partial charge in [-0.3, -0.25) is 0 Å². The second-order valence-corrected chi connectivity index (χ2v) is 6.71. The summed E-state index contributed by atoms with van der Waals surface area (Å²) >= 11 is 0. The summed E-state index contributed by atoms with van der Waals surface area (Å²) < 4.78 is 7.19. The van der Waals surface area contributed by atoms with Crippen LogP contribution in [0.15, 0.2) is 16.9 Å². The van der Waals surface area contributed by atoms with Crippen LogP contribution in [-0.4, -0.2) is 42.9 Å². The molecule has 1 atom stereocenters. The topological polar surface area (TPSA) is 93.1 Å². The Kier molecular flexibility index (Phi) is 3.91. The summed E-state index contributed by atoms with van der Waals surface area (Å²) in [7, 11) is 1.91. The third kappa shape index (κ3) is 2.76. The molecule has 8 nitrogen and oxygen atoms in total. The molecule has 1 aliphatic rings. The van der Waals surface area contributed by atoms with Gasteiger partial charge in [-0.05, 0) is 32.6 Å². The van der Waals surface area contributed by atoms with E-state index in [1.807, 2.05) is 31.7 Å². The van der Waals surface area contributed by atoms with Crippen molar-refractivity contribution in [2.24, 2.45) is 13.0 Å². The van der Waals surface area contributed by atoms with Crippen LogP contribution < -0.4 is 4.90 Å². The van der Waals surface area contributed by atoms with E-state index >= 15 is 0 Å². The van der Waals surface area contributed by atoms with Gasteiger partial charge in [0.15, 0.2) is 0 Å². The number of aliphatic hydroxyl groups excluding tert-OH is 1. The monoisotopic (exact) mass is 342 g/mol. The highest BCUT2D eigenvalue weighted by atomic mass is 16.5. The molecule has 1 N–H and O–H groups in total. The number of rotatable bonds is 3. The van der Waals surface area contributed by atoms with Crippen molar-refractivity contribution in [2.45, 2.75) is 32.8 Å². The number of hydrogen-bond acceptors (Lipinski definition) is 7. The predicted molar refractivity (Wildman–Crippen MR) is 92.2 cm³/mol. The Morgan fingerprint density at radius 2 is 2.00 bits per heavy atom. The molecule has 4 heterocycles. The maximum atomic E-state index is 10.6. The van der Waals surface area contributed by atoms with Crippen LogP contribution in [0.1, 0.15) is 36.3 Å². The quantitative estimate of drug-likeness (QED) is 0.777. The molecule has 3 aromatic heterocycles. The van der Waals surface area contributed by atoms with Crippen molar-refractivity contribution in [1.29, 1.82) is 0 Å². The number of aromatic nitrogens is 5. The fraction of sp³-hybridized carbons (Fsp3) is 0.529. The Morgan fingerprint density at radius 3 is 2.68 bits per heavy atom. The van der Waals surface area contributed by atoms with Crippen molar-refractivity contribution in [3.05, 3.63) is 29.7 Å². The zero-order chi connectivity index (χ0) is 17.6. The van der Waals surface area contributed by atoms with Crippen molar-refractivity contribution < 1.29 is 9.63 Å². The van der Waals surface area contributed by atoms with E-state index < -0.39 is 6.10 Å². The average Bonchev–Trinajstić information content (AvgIpc) is 3.20. The lowest BCUT2D eigenvalue weighted by Crippen LogP contribution is -2.36. The molecule has 0 radical (unpaired) electrons. The number of imidazole rings is 1. The molecule has 0 saturated carbocycles. The van der Waals surface area contributed by atoms with Crippen molar-refractivity contribution in [2.75, 3.05) is 18.0 Å². The minimum absolute atomic E-state index is 0.194. The number of nitrogens with zero attached hydrogens (tertiary/aromatic N) is 6. The average molecular weight is 342 g/mol. The normalized spacial score (nSPS) is 17.4. The highest BCUT2D eigenvalue weighted by Crippen LogP contribution is 2.34. The third-order valence-corrected chi connectivity index (χ3v) is 5.01. The number of fused-ring (bicyclic) bond motifs is 1. The van der Waals surface area contributed by atoms with Gasteiger partial charge < -0.3 is 19.1 Å². The standard InChI is InChI=1S/C17H22N6O2/c1-10-13-15(19-11(2)20-17(13)25-21-10)23-7-4-12(5-8-23)14(24)16-18-6-9-22(16)3/h6,9,12,14,24H,4-5,7-8H2,1-3H3. The Morgan fingerprint density at radius 1 is 1.24 bits per heavy atom. The van der Waals surface area contributed by atoms with Crippen LogP contribution in [-0.2, 0) is 7.05 Å². The lowest BCUT2D eigenvalue weighted by Gasteiger charge is -2.34. The molecule has 1 unspecified atom stereocenters. The third-order valence-electron chi connectivity index (χ3n) is 5.01. The van der Waals surface area contributed by atoms with Gasteiger partial charge in [0, 0.05) is 32.5 Å². The van der Waals surface area contributed by atoms with E-state index in [0.717, 1.165) is 48.7 Å². The molecule has 8 heteroatoms. The lowest BCUT2D eigenvalue weighted by molar-refractivity contribution is 0.0824. The number of anilines is 1. The van der Waals surface area contributed by atoms with Crippen LogP contribution in [0, 0.1) is 19.8 Å². The predicted octanol–water partition coefficient (Wildman–Crippen LogP) is 1.92. The summed E-state index contributed by atoms with van der Waals surface area (Å²) in [4.78, 5) is 15.5. The maximum Gasteiger partial charge on any atom is 0.263 e. The van der Waals surface area contributed by atoms with E-state index in [2.05, 4.69) is 25.0 Å². The molecule has 25 heavy (non-hydrogen) atoms. The Labute approximate surface area is 145 Å². The molecule has 0 aromatic carbocycles. The smallest absolute Gasteiger partial charge is 0.263 e. The zero-order valence-electron chi connectivity index (χ0n) is 14.7. The molecule has 0 amide bonds. The SMILES string of the molecule is Cc1nc(N2CCC(C(O)c3nccn3C)CC2)c2c(C)noc2n1. The summed E-state index contributed by atoms with van der Waals surface area (Å²) in [6.45, 7) is 5.41. The molecule has 0 spiro atoms. The first-order valence-electron chi connectivity index (χ1n) is 8.55. The summed E-state index contributed by atoms with van der Waals surface area (Å²) in [5, 5.41) is 15.6. The summed E-state index contributed by atoms with van der Waals surface area (Å²) in [6, 6.07) is 0. The molecular formula is C17H22N6O2. The van der Waals surface area contributed by atoms with Gasteiger partial charge >= 0.3 is 0 Å². The molecule has 4 rings (SSSR count). The van der Waals surface area contributed by atoms with E-state index in [1.54, 1.807) is 6.20 Å². The molecule has 132 valence electrons. The minimum Gasteiger partial charge on any atom is -0.385 e. The number of aryl methyl sites for hydroxylation is 3. The fourth-order valence-electron chi connectivity index (χ4n) is 3.60. The largest absolute Gasteiger partial charge is 0.385 e. The molecule has 1 saturated heterocycles. The summed E-state index contributed by atoms with van der Waals surface area (Å²) in [5.41, 5.74) is 1.34. The van der Waals surface area contributed by atoms with Crippen molar-refractivity contribution in [3.63, 3.8) is 0 Å². The Balaban J connectivity index is 1.55. The van der Waals surface area contributed by atoms with Gasteiger partial charge in [0.05, 0.1) is 5.69 Å². The van der Waals surface area contributed by atoms with Gasteiger partial charge in [-0.1, -0.05) is 5.16 Å². The van der Waals surface area contributed by atoms with Gasteiger partial charge in [-0.2, -0.15) is 4.98 Å². The highest BCUT2D eigenvalue weighted by Gasteiger charge is 2.30. The van der Waals surface area contributed by atoms with Gasteiger partial charge in [0.25, 0.3) is 5.71 Å². The molecule has 3 aromatic rings. The first-order valence-corrected chi connectivity index (χ1v) is 8.55. The van der Waals surface area contributed by atoms with Crippen LogP contribution in [0.2, 0.25) is 0 Å². The van der Waals surface area contributed by atoms with Crippen LogP contribution in [0.4, 0.5) is 5.82 Å². The second kappa shape index (κ2) is 6.11. The van der Waals surface area contributed by atoms with Crippen LogP contribution >= 0.6 is 0 Å². The summed E-state index contributed by atoms with van der Waals surface area (Å²) in [6.07, 6.45) is 4.81. The Bertz CT molecular complexity index is 894. The van der Waals surface area contributed by atoms with Gasteiger partial charge in [0.2, 0.25) is 0 Å². The molecule has 0 bridgehead atoms. The van der Waals surface area contributed by atoms with E-state index in [4.69, 9.17) is 4.52 Å². The molecule has 0 aliphatic carbocycles. The minimum atomic E-state index is -0.536. The molecule has 1 aliphatic heterocycles. The van der Waals surface area contributed by atoms with E-state index in [1.165, 1.54) is 0 Å². The summed E-state index contributed by atoms with van der Waals surface area (Å²) in [5.74, 6) is 2.48. The fourth-order valence-corrected chi connectivity index (χ4v) is 3.60. The van der Waals surface area contributed by atoms with Crippen molar-refractivity contribution in [3.8, 4) is 0 Å². The van der Waals surface area contributed by atoms with Gasteiger partial charge in [0.1, 0.15) is 29.0 Å². The number of aliphatic hydroxyl groups is 1.